The van der Waals surface area contributed by atoms with E-state index in [9.17, 15) is 9.59 Å². The van der Waals surface area contributed by atoms with E-state index in [1.807, 2.05) is 49.4 Å². The van der Waals surface area contributed by atoms with Crippen molar-refractivity contribution in [3.05, 3.63) is 72.2 Å². The molecule has 0 spiro atoms. The molecule has 1 unspecified atom stereocenters. The smallest absolute Gasteiger partial charge is 0.374 e. The Labute approximate surface area is 139 Å². The molecule has 0 bridgehead atoms. The van der Waals surface area contributed by atoms with E-state index < -0.39 is 5.97 Å². The fourth-order valence-corrected chi connectivity index (χ4v) is 2.44. The lowest BCUT2D eigenvalue weighted by molar-refractivity contribution is -0.124. The minimum Gasteiger partial charge on any atom is -0.457 e. The van der Waals surface area contributed by atoms with Crippen molar-refractivity contribution in [1.82, 2.24) is 5.32 Å². The molecule has 0 aliphatic heterocycles. The molecular weight excluding hydrogens is 306 g/mol. The molecule has 1 atom stereocenters. The van der Waals surface area contributed by atoms with Gasteiger partial charge in [-0.15, -0.1) is 0 Å². The van der Waals surface area contributed by atoms with Gasteiger partial charge < -0.3 is 14.5 Å². The van der Waals surface area contributed by atoms with Gasteiger partial charge in [-0.05, 0) is 41.5 Å². The third-order valence-electron chi connectivity index (χ3n) is 3.71. The predicted octanol–water partition coefficient (Wildman–Crippen LogP) is 3.47. The van der Waals surface area contributed by atoms with Gasteiger partial charge in [0.1, 0.15) is 0 Å². The first-order valence-corrected chi connectivity index (χ1v) is 7.62. The van der Waals surface area contributed by atoms with Gasteiger partial charge in [0.25, 0.3) is 5.91 Å². The zero-order valence-corrected chi connectivity index (χ0v) is 13.2. The van der Waals surface area contributed by atoms with Crippen LogP contribution >= 0.6 is 0 Å². The number of carbonyl (C=O) groups excluding carboxylic acids is 2. The number of rotatable bonds is 5. The van der Waals surface area contributed by atoms with E-state index in [0.29, 0.717) is 0 Å². The lowest BCUT2D eigenvalue weighted by atomic mass is 10.0. The Morgan fingerprint density at radius 1 is 1.08 bits per heavy atom. The van der Waals surface area contributed by atoms with Crippen LogP contribution in [0, 0.1) is 0 Å². The Bertz CT molecular complexity index is 855. The largest absolute Gasteiger partial charge is 0.457 e. The molecule has 0 aliphatic rings. The molecule has 122 valence electrons. The monoisotopic (exact) mass is 323 g/mol. The summed E-state index contributed by atoms with van der Waals surface area (Å²) in [6, 6.07) is 16.9. The summed E-state index contributed by atoms with van der Waals surface area (Å²) >= 11 is 0. The molecule has 3 aromatic rings. The third-order valence-corrected chi connectivity index (χ3v) is 3.71. The number of hydrogen-bond acceptors (Lipinski definition) is 4. The standard InChI is InChI=1S/C19H17NO4/c1-13(15-9-8-14-5-2-3-6-16(14)11-15)20-18(21)12-24-19(22)17-7-4-10-23-17/h2-11,13H,12H2,1H3,(H,20,21). The summed E-state index contributed by atoms with van der Waals surface area (Å²) in [6.07, 6.45) is 1.37. The fraction of sp³-hybridized carbons (Fsp3) is 0.158. The Morgan fingerprint density at radius 3 is 2.62 bits per heavy atom. The number of nitrogens with one attached hydrogen (secondary N) is 1. The van der Waals surface area contributed by atoms with Crippen molar-refractivity contribution in [2.75, 3.05) is 6.61 Å². The number of amides is 1. The molecule has 5 nitrogen and oxygen atoms in total. The van der Waals surface area contributed by atoms with Crippen LogP contribution in [0.2, 0.25) is 0 Å². The highest BCUT2D eigenvalue weighted by molar-refractivity contribution is 5.89. The summed E-state index contributed by atoms with van der Waals surface area (Å²) in [5.74, 6) is -0.950. The number of esters is 1. The SMILES string of the molecule is CC(NC(=O)COC(=O)c1ccco1)c1ccc2ccccc2c1. The first kappa shape index (κ1) is 15.8. The molecule has 0 saturated heterocycles. The average Bonchev–Trinajstić information content (AvgIpc) is 3.14. The molecular formula is C19H17NO4. The first-order valence-electron chi connectivity index (χ1n) is 7.62. The van der Waals surface area contributed by atoms with Crippen molar-refractivity contribution < 1.29 is 18.7 Å². The maximum Gasteiger partial charge on any atom is 0.374 e. The summed E-state index contributed by atoms with van der Waals surface area (Å²) in [6.45, 7) is 1.54. The molecule has 5 heteroatoms. The van der Waals surface area contributed by atoms with E-state index in [2.05, 4.69) is 5.32 Å². The molecule has 2 aromatic carbocycles. The van der Waals surface area contributed by atoms with Crippen molar-refractivity contribution in [2.45, 2.75) is 13.0 Å². The van der Waals surface area contributed by atoms with Crippen LogP contribution < -0.4 is 5.32 Å². The topological polar surface area (TPSA) is 68.5 Å². The zero-order chi connectivity index (χ0) is 16.9. The third kappa shape index (κ3) is 3.63. The van der Waals surface area contributed by atoms with E-state index in [-0.39, 0.29) is 24.3 Å². The van der Waals surface area contributed by atoms with Crippen molar-refractivity contribution in [3.8, 4) is 0 Å². The molecule has 1 N–H and O–H groups in total. The highest BCUT2D eigenvalue weighted by Gasteiger charge is 2.14. The minimum absolute atomic E-state index is 0.0744. The van der Waals surface area contributed by atoms with Gasteiger partial charge in [-0.2, -0.15) is 0 Å². The molecule has 0 radical (unpaired) electrons. The fourth-order valence-electron chi connectivity index (χ4n) is 2.44. The van der Waals surface area contributed by atoms with Crippen LogP contribution in [0.5, 0.6) is 0 Å². The second-order valence-corrected chi connectivity index (χ2v) is 5.45. The second kappa shape index (κ2) is 7.00. The van der Waals surface area contributed by atoms with Crippen molar-refractivity contribution in [2.24, 2.45) is 0 Å². The number of furan rings is 1. The van der Waals surface area contributed by atoms with E-state index in [0.717, 1.165) is 16.3 Å². The van der Waals surface area contributed by atoms with Crippen LogP contribution in [0.15, 0.2) is 65.3 Å². The van der Waals surface area contributed by atoms with Crippen molar-refractivity contribution >= 4 is 22.6 Å². The van der Waals surface area contributed by atoms with E-state index >= 15 is 0 Å². The van der Waals surface area contributed by atoms with Gasteiger partial charge in [0, 0.05) is 0 Å². The number of ether oxygens (including phenoxy) is 1. The second-order valence-electron chi connectivity index (χ2n) is 5.45. The molecule has 3 rings (SSSR count). The van der Waals surface area contributed by atoms with Crippen LogP contribution in [0.1, 0.15) is 29.1 Å². The lowest BCUT2D eigenvalue weighted by Crippen LogP contribution is -2.31. The molecule has 0 fully saturated rings. The Hall–Kier alpha value is -3.08. The number of hydrogen-bond donors (Lipinski definition) is 1. The maximum absolute atomic E-state index is 11.9. The molecule has 1 heterocycles. The predicted molar refractivity (Wildman–Crippen MR) is 89.5 cm³/mol. The van der Waals surface area contributed by atoms with Crippen molar-refractivity contribution in [3.63, 3.8) is 0 Å². The number of fused-ring (bicyclic) bond motifs is 1. The highest BCUT2D eigenvalue weighted by atomic mass is 16.5. The summed E-state index contributed by atoms with van der Waals surface area (Å²) in [4.78, 5) is 23.6. The molecule has 1 amide bonds. The van der Waals surface area contributed by atoms with Crippen LogP contribution in [0.25, 0.3) is 10.8 Å². The normalized spacial score (nSPS) is 11.9. The summed E-state index contributed by atoms with van der Waals surface area (Å²) < 4.78 is 9.82. The van der Waals surface area contributed by atoms with Crippen LogP contribution in [-0.4, -0.2) is 18.5 Å². The van der Waals surface area contributed by atoms with Gasteiger partial charge in [0.05, 0.1) is 12.3 Å². The first-order chi connectivity index (χ1) is 11.6. The van der Waals surface area contributed by atoms with E-state index in [1.54, 1.807) is 6.07 Å². The van der Waals surface area contributed by atoms with Gasteiger partial charge in [0.15, 0.2) is 6.61 Å². The zero-order valence-electron chi connectivity index (χ0n) is 13.2. The van der Waals surface area contributed by atoms with Gasteiger partial charge >= 0.3 is 5.97 Å². The number of benzene rings is 2. The van der Waals surface area contributed by atoms with Crippen LogP contribution in [0.4, 0.5) is 0 Å². The van der Waals surface area contributed by atoms with Crippen molar-refractivity contribution in [1.29, 1.82) is 0 Å². The Kier molecular flexibility index (Phi) is 4.61. The quantitative estimate of drug-likeness (QED) is 0.730. The van der Waals surface area contributed by atoms with Crippen LogP contribution in [-0.2, 0) is 9.53 Å². The van der Waals surface area contributed by atoms with Gasteiger partial charge in [0.2, 0.25) is 5.76 Å². The Balaban J connectivity index is 1.57. The Morgan fingerprint density at radius 2 is 1.88 bits per heavy atom. The summed E-state index contributed by atoms with van der Waals surface area (Å²) in [7, 11) is 0. The van der Waals surface area contributed by atoms with E-state index in [4.69, 9.17) is 9.15 Å². The minimum atomic E-state index is -0.659. The van der Waals surface area contributed by atoms with Gasteiger partial charge in [-0.1, -0.05) is 36.4 Å². The molecule has 24 heavy (non-hydrogen) atoms. The maximum atomic E-state index is 11.9. The molecule has 0 aliphatic carbocycles. The average molecular weight is 323 g/mol. The van der Waals surface area contributed by atoms with Crippen LogP contribution in [0.3, 0.4) is 0 Å². The number of carbonyl (C=O) groups is 2. The molecule has 0 saturated carbocycles. The lowest BCUT2D eigenvalue weighted by Gasteiger charge is -2.15. The van der Waals surface area contributed by atoms with Gasteiger partial charge in [-0.3, -0.25) is 4.79 Å². The molecule has 1 aromatic heterocycles. The summed E-state index contributed by atoms with van der Waals surface area (Å²) in [5, 5.41) is 5.07. The summed E-state index contributed by atoms with van der Waals surface area (Å²) in [5.41, 5.74) is 0.986. The van der Waals surface area contributed by atoms with Gasteiger partial charge in [-0.25, -0.2) is 4.79 Å². The van der Waals surface area contributed by atoms with E-state index in [1.165, 1.54) is 12.3 Å². The highest BCUT2D eigenvalue weighted by Crippen LogP contribution is 2.20.